The molecule has 0 aliphatic heterocycles. The molecule has 0 heterocycles. The number of ether oxygens (including phenoxy) is 2. The Morgan fingerprint density at radius 3 is 2.60 bits per heavy atom. The Bertz CT molecular complexity index is 275. The van der Waals surface area contributed by atoms with E-state index in [4.69, 9.17) is 9.47 Å². The molecule has 1 rings (SSSR count). The van der Waals surface area contributed by atoms with E-state index in [1.54, 1.807) is 0 Å². The molecule has 0 amide bonds. The zero-order valence-corrected chi connectivity index (χ0v) is 12.9. The molecule has 0 radical (unpaired) electrons. The zero-order valence-electron chi connectivity index (χ0n) is 12.9. The van der Waals surface area contributed by atoms with Crippen LogP contribution in [0.2, 0.25) is 0 Å². The minimum Gasteiger partial charge on any atom is -0.459 e. The number of carbonyl (C=O) groups excluding carboxylic acids is 1. The maximum atomic E-state index is 11.2. The van der Waals surface area contributed by atoms with Crippen LogP contribution in [0, 0.1) is 0 Å². The van der Waals surface area contributed by atoms with Crippen LogP contribution in [0.5, 0.6) is 0 Å². The van der Waals surface area contributed by atoms with E-state index >= 15 is 0 Å². The van der Waals surface area contributed by atoms with Gasteiger partial charge in [-0.15, -0.1) is 0 Å². The first kappa shape index (κ1) is 17.2. The summed E-state index contributed by atoms with van der Waals surface area (Å²) in [6.07, 6.45) is 13.2. The van der Waals surface area contributed by atoms with E-state index < -0.39 is 0 Å². The van der Waals surface area contributed by atoms with Gasteiger partial charge < -0.3 is 9.47 Å². The van der Waals surface area contributed by atoms with Crippen molar-refractivity contribution < 1.29 is 14.3 Å². The molecular formula is C17H30O3. The molecule has 1 fully saturated rings. The number of unbranched alkanes of at least 4 members (excludes halogenated alkanes) is 5. The van der Waals surface area contributed by atoms with E-state index in [9.17, 15) is 4.79 Å². The highest BCUT2D eigenvalue weighted by Crippen LogP contribution is 2.24. The van der Waals surface area contributed by atoms with Crippen molar-refractivity contribution in [2.75, 3.05) is 6.61 Å². The van der Waals surface area contributed by atoms with Gasteiger partial charge in [-0.25, -0.2) is 4.79 Å². The Morgan fingerprint density at radius 2 is 1.85 bits per heavy atom. The Kier molecular flexibility index (Phi) is 9.38. The lowest BCUT2D eigenvalue weighted by Gasteiger charge is -2.28. The SMILES string of the molecule is C=CC(=O)OC1CCCC(OCCCCCCCC)C1. The summed E-state index contributed by atoms with van der Waals surface area (Å²) in [4.78, 5) is 11.2. The minimum absolute atomic E-state index is 0.0174. The van der Waals surface area contributed by atoms with Crippen LogP contribution >= 0.6 is 0 Å². The maximum absolute atomic E-state index is 11.2. The predicted octanol–water partition coefficient (Wildman–Crippen LogP) is 4.40. The third kappa shape index (κ3) is 7.68. The van der Waals surface area contributed by atoms with Gasteiger partial charge in [0.05, 0.1) is 6.10 Å². The summed E-state index contributed by atoms with van der Waals surface area (Å²) in [6, 6.07) is 0. The van der Waals surface area contributed by atoms with E-state index in [0.717, 1.165) is 38.7 Å². The average Bonchev–Trinajstić information content (AvgIpc) is 2.46. The Hall–Kier alpha value is -0.830. The molecule has 3 nitrogen and oxygen atoms in total. The third-order valence-corrected chi connectivity index (χ3v) is 3.88. The van der Waals surface area contributed by atoms with E-state index in [1.165, 1.54) is 38.2 Å². The van der Waals surface area contributed by atoms with Gasteiger partial charge in [0.25, 0.3) is 0 Å². The Labute approximate surface area is 123 Å². The summed E-state index contributed by atoms with van der Waals surface area (Å²) in [5.74, 6) is -0.313. The average molecular weight is 282 g/mol. The molecular weight excluding hydrogens is 252 g/mol. The molecule has 116 valence electrons. The number of hydrogen-bond donors (Lipinski definition) is 0. The number of hydrogen-bond acceptors (Lipinski definition) is 3. The van der Waals surface area contributed by atoms with Gasteiger partial charge in [0.2, 0.25) is 0 Å². The van der Waals surface area contributed by atoms with Crippen LogP contribution in [0.4, 0.5) is 0 Å². The van der Waals surface area contributed by atoms with E-state index in [0.29, 0.717) is 0 Å². The smallest absolute Gasteiger partial charge is 0.330 e. The fourth-order valence-corrected chi connectivity index (χ4v) is 2.71. The van der Waals surface area contributed by atoms with Gasteiger partial charge in [-0.1, -0.05) is 45.6 Å². The van der Waals surface area contributed by atoms with Crippen LogP contribution < -0.4 is 0 Å². The van der Waals surface area contributed by atoms with Crippen molar-refractivity contribution in [3.63, 3.8) is 0 Å². The molecule has 0 saturated heterocycles. The molecule has 1 aliphatic carbocycles. The quantitative estimate of drug-likeness (QED) is 0.338. The monoisotopic (exact) mass is 282 g/mol. The second kappa shape index (κ2) is 10.9. The summed E-state index contributed by atoms with van der Waals surface area (Å²) in [6.45, 7) is 6.51. The van der Waals surface area contributed by atoms with E-state index in [1.807, 2.05) is 0 Å². The normalized spacial score (nSPS) is 22.4. The Balaban J connectivity index is 2.05. The molecule has 0 aromatic rings. The Morgan fingerprint density at radius 1 is 1.15 bits per heavy atom. The molecule has 20 heavy (non-hydrogen) atoms. The van der Waals surface area contributed by atoms with Crippen molar-refractivity contribution in [2.45, 2.75) is 83.3 Å². The van der Waals surface area contributed by atoms with Crippen LogP contribution in [0.25, 0.3) is 0 Å². The zero-order chi connectivity index (χ0) is 14.6. The number of carbonyl (C=O) groups is 1. The molecule has 0 aromatic carbocycles. The summed E-state index contributed by atoms with van der Waals surface area (Å²) in [5.41, 5.74) is 0. The van der Waals surface area contributed by atoms with Gasteiger partial charge >= 0.3 is 5.97 Å². The summed E-state index contributed by atoms with van der Waals surface area (Å²) in [7, 11) is 0. The predicted molar refractivity (Wildman–Crippen MR) is 81.7 cm³/mol. The third-order valence-electron chi connectivity index (χ3n) is 3.88. The highest BCUT2D eigenvalue weighted by Gasteiger charge is 2.24. The molecule has 1 saturated carbocycles. The second-order valence-electron chi connectivity index (χ2n) is 5.69. The highest BCUT2D eigenvalue weighted by molar-refractivity contribution is 5.81. The van der Waals surface area contributed by atoms with E-state index in [2.05, 4.69) is 13.5 Å². The van der Waals surface area contributed by atoms with Crippen molar-refractivity contribution in [3.8, 4) is 0 Å². The molecule has 0 N–H and O–H groups in total. The van der Waals surface area contributed by atoms with Gasteiger partial charge in [-0.3, -0.25) is 0 Å². The second-order valence-corrected chi connectivity index (χ2v) is 5.69. The van der Waals surface area contributed by atoms with Crippen molar-refractivity contribution in [2.24, 2.45) is 0 Å². The van der Waals surface area contributed by atoms with Crippen LogP contribution in [0.3, 0.4) is 0 Å². The van der Waals surface area contributed by atoms with Crippen molar-refractivity contribution in [1.29, 1.82) is 0 Å². The molecule has 0 aromatic heterocycles. The van der Waals surface area contributed by atoms with Crippen LogP contribution in [-0.2, 0) is 14.3 Å². The van der Waals surface area contributed by atoms with Gasteiger partial charge in [0.1, 0.15) is 6.10 Å². The standard InChI is InChI=1S/C17H30O3/c1-3-5-6-7-8-9-13-19-15-11-10-12-16(14-15)20-17(18)4-2/h4,15-16H,2-3,5-14H2,1H3. The van der Waals surface area contributed by atoms with Crippen molar-refractivity contribution in [1.82, 2.24) is 0 Å². The molecule has 0 bridgehead atoms. The van der Waals surface area contributed by atoms with Crippen molar-refractivity contribution >= 4 is 5.97 Å². The molecule has 2 atom stereocenters. The summed E-state index contributed by atoms with van der Waals surface area (Å²) in [5, 5.41) is 0. The minimum atomic E-state index is -0.313. The lowest BCUT2D eigenvalue weighted by Crippen LogP contribution is -2.29. The molecule has 0 spiro atoms. The van der Waals surface area contributed by atoms with Crippen LogP contribution in [0.15, 0.2) is 12.7 Å². The summed E-state index contributed by atoms with van der Waals surface area (Å²) < 4.78 is 11.2. The van der Waals surface area contributed by atoms with Gasteiger partial charge in [-0.05, 0) is 25.7 Å². The first-order valence-electron chi connectivity index (χ1n) is 8.21. The first-order valence-corrected chi connectivity index (χ1v) is 8.21. The summed E-state index contributed by atoms with van der Waals surface area (Å²) >= 11 is 0. The number of esters is 1. The van der Waals surface area contributed by atoms with Crippen LogP contribution in [0.1, 0.15) is 71.1 Å². The first-order chi connectivity index (χ1) is 9.76. The van der Waals surface area contributed by atoms with E-state index in [-0.39, 0.29) is 18.2 Å². The maximum Gasteiger partial charge on any atom is 0.330 e. The molecule has 1 aliphatic rings. The number of rotatable bonds is 10. The lowest BCUT2D eigenvalue weighted by molar-refractivity contribution is -0.147. The van der Waals surface area contributed by atoms with Crippen LogP contribution in [-0.4, -0.2) is 24.8 Å². The fourth-order valence-electron chi connectivity index (χ4n) is 2.71. The highest BCUT2D eigenvalue weighted by atomic mass is 16.5. The topological polar surface area (TPSA) is 35.5 Å². The lowest BCUT2D eigenvalue weighted by atomic mass is 9.95. The van der Waals surface area contributed by atoms with Gasteiger partial charge in [0.15, 0.2) is 0 Å². The van der Waals surface area contributed by atoms with Gasteiger partial charge in [0, 0.05) is 19.1 Å². The fraction of sp³-hybridized carbons (Fsp3) is 0.824. The van der Waals surface area contributed by atoms with Crippen molar-refractivity contribution in [3.05, 3.63) is 12.7 Å². The largest absolute Gasteiger partial charge is 0.459 e. The molecule has 3 heteroatoms. The molecule has 2 unspecified atom stereocenters. The van der Waals surface area contributed by atoms with Gasteiger partial charge in [-0.2, -0.15) is 0 Å².